The van der Waals surface area contributed by atoms with Gasteiger partial charge in [-0.3, -0.25) is 4.79 Å². The Morgan fingerprint density at radius 2 is 1.96 bits per heavy atom. The minimum atomic E-state index is 0.152. The van der Waals surface area contributed by atoms with Crippen LogP contribution in [0.4, 0.5) is 0 Å². The molecule has 6 nitrogen and oxygen atoms in total. The Labute approximate surface area is 151 Å². The second-order valence-electron chi connectivity index (χ2n) is 6.88. The Morgan fingerprint density at radius 3 is 2.64 bits per heavy atom. The normalized spacial score (nSPS) is 20.1. The van der Waals surface area contributed by atoms with E-state index in [1.807, 2.05) is 23.3 Å². The fraction of sp³-hybridized carbons (Fsp3) is 0.611. The number of likely N-dealkylation sites (tertiary alicyclic amines) is 1. The summed E-state index contributed by atoms with van der Waals surface area (Å²) in [6, 6.07) is 2.00. The summed E-state index contributed by atoms with van der Waals surface area (Å²) in [5.74, 6) is 2.33. The topological polar surface area (TPSA) is 68.5 Å². The van der Waals surface area contributed by atoms with E-state index in [0.717, 1.165) is 74.1 Å². The average molecular weight is 361 g/mol. The minimum absolute atomic E-state index is 0.152. The Balaban J connectivity index is 1.36. The predicted molar refractivity (Wildman–Crippen MR) is 94.0 cm³/mol. The van der Waals surface area contributed by atoms with Crippen molar-refractivity contribution in [3.8, 4) is 0 Å². The second kappa shape index (κ2) is 7.25. The number of hydrogen-bond acceptors (Lipinski definition) is 6. The molecule has 25 heavy (non-hydrogen) atoms. The zero-order valence-electron chi connectivity index (χ0n) is 14.4. The Hall–Kier alpha value is -1.73. The fourth-order valence-electron chi connectivity index (χ4n) is 3.60. The smallest absolute Gasteiger partial charge is 0.264 e. The molecule has 0 aromatic carbocycles. The number of aryl methyl sites for hydroxylation is 1. The van der Waals surface area contributed by atoms with E-state index < -0.39 is 0 Å². The highest BCUT2D eigenvalue weighted by Crippen LogP contribution is 2.31. The molecule has 0 unspecified atom stereocenters. The molecule has 4 heterocycles. The van der Waals surface area contributed by atoms with Crippen molar-refractivity contribution in [1.29, 1.82) is 0 Å². The van der Waals surface area contributed by atoms with Crippen LogP contribution in [-0.2, 0) is 4.74 Å². The van der Waals surface area contributed by atoms with Gasteiger partial charge in [0.15, 0.2) is 5.82 Å². The van der Waals surface area contributed by atoms with Crippen LogP contribution in [0, 0.1) is 6.92 Å². The van der Waals surface area contributed by atoms with Crippen molar-refractivity contribution >= 4 is 17.2 Å². The molecule has 0 atom stereocenters. The first-order chi connectivity index (χ1) is 12.2. The highest BCUT2D eigenvalue weighted by atomic mass is 32.1. The maximum atomic E-state index is 12.6. The highest BCUT2D eigenvalue weighted by Gasteiger charge is 2.30. The van der Waals surface area contributed by atoms with Crippen molar-refractivity contribution in [2.75, 3.05) is 26.3 Å². The summed E-state index contributed by atoms with van der Waals surface area (Å²) in [4.78, 5) is 20.1. The molecule has 0 N–H and O–H groups in total. The molecule has 0 spiro atoms. The maximum Gasteiger partial charge on any atom is 0.264 e. The molecule has 1 amide bonds. The number of rotatable bonds is 3. The van der Waals surface area contributed by atoms with Gasteiger partial charge in [-0.2, -0.15) is 4.98 Å². The SMILES string of the molecule is Cc1ccsc1C(=O)N1CCC(c2nc(C3CCOCC3)no2)CC1. The van der Waals surface area contributed by atoms with Gasteiger partial charge in [0.1, 0.15) is 0 Å². The van der Waals surface area contributed by atoms with Gasteiger partial charge in [0.25, 0.3) is 5.91 Å². The number of carbonyl (C=O) groups is 1. The van der Waals surface area contributed by atoms with E-state index in [1.165, 1.54) is 11.3 Å². The van der Waals surface area contributed by atoms with E-state index >= 15 is 0 Å². The van der Waals surface area contributed by atoms with Crippen molar-refractivity contribution in [3.05, 3.63) is 33.6 Å². The molecule has 0 radical (unpaired) electrons. The molecule has 4 rings (SSSR count). The molecule has 0 aliphatic carbocycles. The number of thiophene rings is 1. The van der Waals surface area contributed by atoms with Crippen molar-refractivity contribution < 1.29 is 14.1 Å². The van der Waals surface area contributed by atoms with E-state index in [4.69, 9.17) is 9.26 Å². The molecule has 2 aromatic heterocycles. The molecule has 0 saturated carbocycles. The number of hydrogen-bond donors (Lipinski definition) is 0. The van der Waals surface area contributed by atoms with Gasteiger partial charge in [-0.05, 0) is 49.6 Å². The maximum absolute atomic E-state index is 12.6. The molecule has 2 fully saturated rings. The lowest BCUT2D eigenvalue weighted by Gasteiger charge is -2.30. The van der Waals surface area contributed by atoms with Gasteiger partial charge in [0.05, 0.1) is 4.88 Å². The van der Waals surface area contributed by atoms with Crippen molar-refractivity contribution in [1.82, 2.24) is 15.0 Å². The zero-order valence-corrected chi connectivity index (χ0v) is 15.3. The average Bonchev–Trinajstić information content (AvgIpc) is 3.31. The molecule has 2 aromatic rings. The van der Waals surface area contributed by atoms with Crippen LogP contribution in [0.1, 0.15) is 64.5 Å². The second-order valence-corrected chi connectivity index (χ2v) is 7.79. The summed E-state index contributed by atoms with van der Waals surface area (Å²) < 4.78 is 10.9. The van der Waals surface area contributed by atoms with Crippen molar-refractivity contribution in [2.24, 2.45) is 0 Å². The summed E-state index contributed by atoms with van der Waals surface area (Å²) in [6.45, 7) is 5.03. The van der Waals surface area contributed by atoms with Gasteiger partial charge < -0.3 is 14.2 Å². The number of ether oxygens (including phenoxy) is 1. The summed E-state index contributed by atoms with van der Waals surface area (Å²) in [7, 11) is 0. The lowest BCUT2D eigenvalue weighted by atomic mass is 9.96. The monoisotopic (exact) mass is 361 g/mol. The van der Waals surface area contributed by atoms with E-state index in [2.05, 4.69) is 10.1 Å². The van der Waals surface area contributed by atoms with Gasteiger partial charge in [0.2, 0.25) is 5.89 Å². The van der Waals surface area contributed by atoms with Crippen LogP contribution in [0.2, 0.25) is 0 Å². The van der Waals surface area contributed by atoms with Crippen molar-refractivity contribution in [2.45, 2.75) is 44.4 Å². The van der Waals surface area contributed by atoms with E-state index in [-0.39, 0.29) is 11.8 Å². The first-order valence-corrected chi connectivity index (χ1v) is 9.85. The third-order valence-electron chi connectivity index (χ3n) is 5.23. The summed E-state index contributed by atoms with van der Waals surface area (Å²) in [6.07, 6.45) is 3.69. The third kappa shape index (κ3) is 3.48. The number of amides is 1. The molecular formula is C18H23N3O3S. The van der Waals surface area contributed by atoms with Gasteiger partial charge in [-0.1, -0.05) is 5.16 Å². The Kier molecular flexibility index (Phi) is 4.85. The van der Waals surface area contributed by atoms with Gasteiger partial charge in [-0.15, -0.1) is 11.3 Å². The van der Waals surface area contributed by atoms with Crippen LogP contribution in [0.5, 0.6) is 0 Å². The zero-order chi connectivity index (χ0) is 17.2. The van der Waals surface area contributed by atoms with Crippen LogP contribution in [0.25, 0.3) is 0 Å². The van der Waals surface area contributed by atoms with Gasteiger partial charge >= 0.3 is 0 Å². The number of carbonyl (C=O) groups excluding carboxylic acids is 1. The first kappa shape index (κ1) is 16.7. The number of nitrogens with zero attached hydrogens (tertiary/aromatic N) is 3. The third-order valence-corrected chi connectivity index (χ3v) is 6.24. The lowest BCUT2D eigenvalue weighted by molar-refractivity contribution is 0.0708. The minimum Gasteiger partial charge on any atom is -0.381 e. The van der Waals surface area contributed by atoms with Gasteiger partial charge in [-0.25, -0.2) is 0 Å². The molecule has 2 aliphatic heterocycles. The first-order valence-electron chi connectivity index (χ1n) is 8.97. The lowest BCUT2D eigenvalue weighted by Crippen LogP contribution is -2.37. The van der Waals surface area contributed by atoms with Crippen LogP contribution >= 0.6 is 11.3 Å². The molecule has 134 valence electrons. The predicted octanol–water partition coefficient (Wildman–Crippen LogP) is 3.35. The number of piperidine rings is 1. The van der Waals surface area contributed by atoms with Gasteiger partial charge in [0, 0.05) is 38.1 Å². The number of aromatic nitrogens is 2. The standard InChI is InChI=1S/C18H23N3O3S/c1-12-6-11-25-15(12)18(22)21-7-2-14(3-8-21)17-19-16(20-24-17)13-4-9-23-10-5-13/h6,11,13-14H,2-5,7-10H2,1H3. The Morgan fingerprint density at radius 1 is 1.20 bits per heavy atom. The molecule has 2 saturated heterocycles. The largest absolute Gasteiger partial charge is 0.381 e. The van der Waals surface area contributed by atoms with Crippen LogP contribution in [0.3, 0.4) is 0 Å². The molecule has 0 bridgehead atoms. The van der Waals surface area contributed by atoms with E-state index in [9.17, 15) is 4.79 Å². The van der Waals surface area contributed by atoms with E-state index in [1.54, 1.807) is 0 Å². The van der Waals surface area contributed by atoms with Crippen LogP contribution < -0.4 is 0 Å². The highest BCUT2D eigenvalue weighted by molar-refractivity contribution is 7.12. The summed E-state index contributed by atoms with van der Waals surface area (Å²) in [5, 5.41) is 6.18. The summed E-state index contributed by atoms with van der Waals surface area (Å²) in [5.41, 5.74) is 1.06. The fourth-order valence-corrected chi connectivity index (χ4v) is 4.49. The van der Waals surface area contributed by atoms with Crippen LogP contribution in [-0.4, -0.2) is 47.3 Å². The molecular weight excluding hydrogens is 338 g/mol. The molecule has 2 aliphatic rings. The van der Waals surface area contributed by atoms with Crippen LogP contribution in [0.15, 0.2) is 16.0 Å². The Bertz CT molecular complexity index is 728. The van der Waals surface area contributed by atoms with E-state index in [0.29, 0.717) is 5.92 Å². The quantitative estimate of drug-likeness (QED) is 0.838. The van der Waals surface area contributed by atoms with Crippen molar-refractivity contribution in [3.63, 3.8) is 0 Å². The summed E-state index contributed by atoms with van der Waals surface area (Å²) >= 11 is 1.53. The molecule has 7 heteroatoms.